The maximum absolute atomic E-state index is 6.07. The minimum Gasteiger partial charge on any atom is -0.317 e. The maximum atomic E-state index is 6.07. The van der Waals surface area contributed by atoms with Gasteiger partial charge in [-0.05, 0) is 56.1 Å². The summed E-state index contributed by atoms with van der Waals surface area (Å²) in [5, 5.41) is 4.70. The van der Waals surface area contributed by atoms with Crippen LogP contribution in [0.5, 0.6) is 0 Å². The molecule has 1 N–H and O–H groups in total. The van der Waals surface area contributed by atoms with E-state index >= 15 is 0 Å². The Morgan fingerprint density at radius 3 is 2.58 bits per heavy atom. The maximum Gasteiger partial charge on any atom is 0.0595 e. The van der Waals surface area contributed by atoms with Crippen molar-refractivity contribution in [1.29, 1.82) is 0 Å². The molecule has 0 unspecified atom stereocenters. The predicted molar refractivity (Wildman–Crippen MR) is 83.0 cm³/mol. The van der Waals surface area contributed by atoms with Crippen LogP contribution in [0, 0.1) is 5.92 Å². The minimum absolute atomic E-state index is 0.631. The number of nitrogens with one attached hydrogen (secondary N) is 1. The smallest absolute Gasteiger partial charge is 0.0595 e. The van der Waals surface area contributed by atoms with Gasteiger partial charge >= 0.3 is 0 Å². The van der Waals surface area contributed by atoms with Gasteiger partial charge in [0, 0.05) is 13.1 Å². The quantitative estimate of drug-likeness (QED) is 0.889. The van der Waals surface area contributed by atoms with Crippen molar-refractivity contribution in [3.63, 3.8) is 0 Å². The molecule has 1 aromatic carbocycles. The van der Waals surface area contributed by atoms with Gasteiger partial charge in [-0.3, -0.25) is 4.90 Å². The number of rotatable bonds is 5. The monoisotopic (exact) mass is 300 g/mol. The molecule has 0 saturated carbocycles. The number of hydrogen-bond donors (Lipinski definition) is 1. The Labute approximate surface area is 126 Å². The van der Waals surface area contributed by atoms with Crippen LogP contribution in [0.3, 0.4) is 0 Å². The summed E-state index contributed by atoms with van der Waals surface area (Å²) < 4.78 is 0. The molecule has 106 valence electrons. The van der Waals surface area contributed by atoms with Crippen LogP contribution in [0.15, 0.2) is 18.2 Å². The molecule has 1 aromatic rings. The SMILES string of the molecule is CCN(Cc1ccc(Cl)c(Cl)c1)CC1CCNCC1. The van der Waals surface area contributed by atoms with Crippen molar-refractivity contribution < 1.29 is 0 Å². The molecule has 1 fully saturated rings. The summed E-state index contributed by atoms with van der Waals surface area (Å²) in [5.74, 6) is 0.823. The number of halogens is 2. The molecule has 0 amide bonds. The Balaban J connectivity index is 1.92. The molecule has 4 heteroatoms. The Bertz CT molecular complexity index is 403. The van der Waals surface area contributed by atoms with Gasteiger partial charge in [0.1, 0.15) is 0 Å². The topological polar surface area (TPSA) is 15.3 Å². The fourth-order valence-corrected chi connectivity index (χ4v) is 2.95. The highest BCUT2D eigenvalue weighted by atomic mass is 35.5. The minimum atomic E-state index is 0.631. The van der Waals surface area contributed by atoms with Crippen LogP contribution in [-0.4, -0.2) is 31.1 Å². The van der Waals surface area contributed by atoms with Crippen molar-refractivity contribution >= 4 is 23.2 Å². The molecule has 0 radical (unpaired) electrons. The lowest BCUT2D eigenvalue weighted by Gasteiger charge is -2.29. The van der Waals surface area contributed by atoms with E-state index in [1.807, 2.05) is 12.1 Å². The molecule has 0 atom stereocenters. The van der Waals surface area contributed by atoms with Gasteiger partial charge in [0.05, 0.1) is 10.0 Å². The van der Waals surface area contributed by atoms with Crippen molar-refractivity contribution in [2.45, 2.75) is 26.3 Å². The van der Waals surface area contributed by atoms with Crippen molar-refractivity contribution in [2.24, 2.45) is 5.92 Å². The summed E-state index contributed by atoms with van der Waals surface area (Å²) in [6.45, 7) is 7.75. The highest BCUT2D eigenvalue weighted by Crippen LogP contribution is 2.23. The Hall–Kier alpha value is -0.280. The molecule has 0 aliphatic carbocycles. The van der Waals surface area contributed by atoms with Crippen LogP contribution in [0.1, 0.15) is 25.3 Å². The summed E-state index contributed by atoms with van der Waals surface area (Å²) in [6, 6.07) is 5.94. The third-order valence-electron chi connectivity index (χ3n) is 3.81. The summed E-state index contributed by atoms with van der Waals surface area (Å²) in [5.41, 5.74) is 1.24. The molecule has 1 aliphatic rings. The number of benzene rings is 1. The number of nitrogens with zero attached hydrogens (tertiary/aromatic N) is 1. The van der Waals surface area contributed by atoms with Gasteiger partial charge in [0.15, 0.2) is 0 Å². The largest absolute Gasteiger partial charge is 0.317 e. The molecule has 1 saturated heterocycles. The molecular formula is C15H22Cl2N2. The van der Waals surface area contributed by atoms with Crippen LogP contribution >= 0.6 is 23.2 Å². The molecule has 2 rings (SSSR count). The van der Waals surface area contributed by atoms with E-state index in [0.717, 1.165) is 32.1 Å². The first-order valence-electron chi connectivity index (χ1n) is 7.06. The Morgan fingerprint density at radius 2 is 1.95 bits per heavy atom. The van der Waals surface area contributed by atoms with Crippen molar-refractivity contribution in [1.82, 2.24) is 10.2 Å². The van der Waals surface area contributed by atoms with Crippen molar-refractivity contribution in [3.8, 4) is 0 Å². The number of piperidine rings is 1. The van der Waals surface area contributed by atoms with E-state index in [-0.39, 0.29) is 0 Å². The van der Waals surface area contributed by atoms with Gasteiger partial charge in [0.2, 0.25) is 0 Å². The zero-order chi connectivity index (χ0) is 13.7. The van der Waals surface area contributed by atoms with Gasteiger partial charge in [-0.2, -0.15) is 0 Å². The lowest BCUT2D eigenvalue weighted by molar-refractivity contribution is 0.207. The van der Waals surface area contributed by atoms with Gasteiger partial charge in [-0.1, -0.05) is 36.2 Å². The first kappa shape index (κ1) is 15.1. The molecule has 0 spiro atoms. The second-order valence-electron chi connectivity index (χ2n) is 5.27. The molecule has 0 aromatic heterocycles. The first-order valence-corrected chi connectivity index (χ1v) is 7.81. The second-order valence-corrected chi connectivity index (χ2v) is 6.08. The Kier molecular flexibility index (Phi) is 5.96. The van der Waals surface area contributed by atoms with E-state index in [4.69, 9.17) is 23.2 Å². The van der Waals surface area contributed by atoms with Crippen molar-refractivity contribution in [3.05, 3.63) is 33.8 Å². The van der Waals surface area contributed by atoms with E-state index in [1.54, 1.807) is 0 Å². The fraction of sp³-hybridized carbons (Fsp3) is 0.600. The van der Waals surface area contributed by atoms with Gasteiger partial charge in [-0.25, -0.2) is 0 Å². The molecule has 19 heavy (non-hydrogen) atoms. The highest BCUT2D eigenvalue weighted by molar-refractivity contribution is 6.42. The van der Waals surface area contributed by atoms with E-state index in [1.165, 1.54) is 24.9 Å². The zero-order valence-corrected chi connectivity index (χ0v) is 13.0. The van der Waals surface area contributed by atoms with Gasteiger partial charge < -0.3 is 5.32 Å². The molecule has 1 aliphatic heterocycles. The predicted octanol–water partition coefficient (Wildman–Crippen LogP) is 3.81. The van der Waals surface area contributed by atoms with Crippen LogP contribution in [0.2, 0.25) is 10.0 Å². The Morgan fingerprint density at radius 1 is 1.21 bits per heavy atom. The zero-order valence-electron chi connectivity index (χ0n) is 11.5. The summed E-state index contributed by atoms with van der Waals surface area (Å²) in [6.07, 6.45) is 2.58. The van der Waals surface area contributed by atoms with Crippen LogP contribution in [0.4, 0.5) is 0 Å². The summed E-state index contributed by atoms with van der Waals surface area (Å²) in [7, 11) is 0. The van der Waals surface area contributed by atoms with E-state index in [9.17, 15) is 0 Å². The standard InChI is InChI=1S/C15H22Cl2N2/c1-2-19(10-12-5-7-18-8-6-12)11-13-3-4-14(16)15(17)9-13/h3-4,9,12,18H,2,5-8,10-11H2,1H3. The summed E-state index contributed by atoms with van der Waals surface area (Å²) >= 11 is 12.0. The lowest BCUT2D eigenvalue weighted by atomic mass is 9.97. The second kappa shape index (κ2) is 7.49. The number of hydrogen-bond acceptors (Lipinski definition) is 2. The van der Waals surface area contributed by atoms with E-state index < -0.39 is 0 Å². The molecule has 2 nitrogen and oxygen atoms in total. The first-order chi connectivity index (χ1) is 9.19. The molecule has 1 heterocycles. The third kappa shape index (κ3) is 4.64. The van der Waals surface area contributed by atoms with E-state index in [2.05, 4.69) is 23.2 Å². The van der Waals surface area contributed by atoms with Gasteiger partial charge in [0.25, 0.3) is 0 Å². The third-order valence-corrected chi connectivity index (χ3v) is 4.55. The highest BCUT2D eigenvalue weighted by Gasteiger charge is 2.16. The average Bonchev–Trinajstić information content (AvgIpc) is 2.43. The lowest BCUT2D eigenvalue weighted by Crippen LogP contribution is -2.35. The normalized spacial score (nSPS) is 17.1. The van der Waals surface area contributed by atoms with E-state index in [0.29, 0.717) is 10.0 Å². The fourth-order valence-electron chi connectivity index (χ4n) is 2.63. The van der Waals surface area contributed by atoms with Crippen LogP contribution in [0.25, 0.3) is 0 Å². The summed E-state index contributed by atoms with van der Waals surface area (Å²) in [4.78, 5) is 2.50. The van der Waals surface area contributed by atoms with Gasteiger partial charge in [-0.15, -0.1) is 0 Å². The molecule has 0 bridgehead atoms. The van der Waals surface area contributed by atoms with Crippen molar-refractivity contribution in [2.75, 3.05) is 26.2 Å². The average molecular weight is 301 g/mol. The van der Waals surface area contributed by atoms with Crippen LogP contribution in [-0.2, 0) is 6.54 Å². The molecular weight excluding hydrogens is 279 g/mol. The van der Waals surface area contributed by atoms with Crippen LogP contribution < -0.4 is 5.32 Å².